The third kappa shape index (κ3) is 2.50. The molecule has 1 aromatic rings. The van der Waals surface area contributed by atoms with Gasteiger partial charge in [-0.3, -0.25) is 4.79 Å². The zero-order valence-electron chi connectivity index (χ0n) is 8.08. The van der Waals surface area contributed by atoms with Crippen molar-refractivity contribution in [1.29, 1.82) is 0 Å². The lowest BCUT2D eigenvalue weighted by molar-refractivity contribution is -0.141. The smallest absolute Gasteiger partial charge is 0.308 e. The molecular formula is C10H11F2NO2. The van der Waals surface area contributed by atoms with E-state index in [9.17, 15) is 13.6 Å². The molecule has 0 aliphatic rings. The van der Waals surface area contributed by atoms with E-state index in [4.69, 9.17) is 10.8 Å². The standard InChI is InChI=1S/C10H11F2NO2/c1-5(10(14)15)9(13)6-2-3-7(11)8(12)4-6/h2-5,9H,13H2,1H3,(H,14,15). The molecule has 0 amide bonds. The Bertz CT molecular complexity index is 382. The third-order valence-electron chi connectivity index (χ3n) is 2.26. The molecule has 0 heterocycles. The normalized spacial score (nSPS) is 14.7. The fourth-order valence-electron chi connectivity index (χ4n) is 1.16. The summed E-state index contributed by atoms with van der Waals surface area (Å²) < 4.78 is 25.4. The van der Waals surface area contributed by atoms with Gasteiger partial charge in [-0.1, -0.05) is 13.0 Å². The van der Waals surface area contributed by atoms with Crippen molar-refractivity contribution in [3.8, 4) is 0 Å². The fraction of sp³-hybridized carbons (Fsp3) is 0.300. The molecule has 5 heteroatoms. The second-order valence-corrected chi connectivity index (χ2v) is 3.33. The lowest BCUT2D eigenvalue weighted by Gasteiger charge is -2.16. The van der Waals surface area contributed by atoms with Crippen molar-refractivity contribution in [3.05, 3.63) is 35.4 Å². The maximum atomic E-state index is 12.8. The first-order chi connectivity index (χ1) is 6.93. The highest BCUT2D eigenvalue weighted by molar-refractivity contribution is 5.70. The van der Waals surface area contributed by atoms with Crippen LogP contribution in [0.3, 0.4) is 0 Å². The van der Waals surface area contributed by atoms with Gasteiger partial charge in [0.05, 0.1) is 5.92 Å². The van der Waals surface area contributed by atoms with Crippen molar-refractivity contribution >= 4 is 5.97 Å². The largest absolute Gasteiger partial charge is 0.481 e. The molecule has 0 radical (unpaired) electrons. The number of nitrogens with two attached hydrogens (primary N) is 1. The quantitative estimate of drug-likeness (QED) is 0.806. The van der Waals surface area contributed by atoms with Gasteiger partial charge in [-0.15, -0.1) is 0 Å². The van der Waals surface area contributed by atoms with Crippen LogP contribution in [0.5, 0.6) is 0 Å². The molecule has 0 aromatic heterocycles. The summed E-state index contributed by atoms with van der Waals surface area (Å²) in [4.78, 5) is 10.6. The van der Waals surface area contributed by atoms with Gasteiger partial charge in [0.2, 0.25) is 0 Å². The molecule has 3 nitrogen and oxygen atoms in total. The number of carboxylic acid groups (broad SMARTS) is 1. The maximum absolute atomic E-state index is 12.8. The molecule has 0 saturated heterocycles. The van der Waals surface area contributed by atoms with Crippen molar-refractivity contribution in [2.45, 2.75) is 13.0 Å². The zero-order valence-corrected chi connectivity index (χ0v) is 8.08. The molecule has 1 rings (SSSR count). The van der Waals surface area contributed by atoms with Gasteiger partial charge in [0.1, 0.15) is 0 Å². The summed E-state index contributed by atoms with van der Waals surface area (Å²) in [6.45, 7) is 1.41. The van der Waals surface area contributed by atoms with E-state index in [-0.39, 0.29) is 5.56 Å². The van der Waals surface area contributed by atoms with Gasteiger partial charge < -0.3 is 10.8 Å². The van der Waals surface area contributed by atoms with E-state index in [0.717, 1.165) is 12.1 Å². The Morgan fingerprint density at radius 3 is 2.47 bits per heavy atom. The molecule has 15 heavy (non-hydrogen) atoms. The summed E-state index contributed by atoms with van der Waals surface area (Å²) in [5, 5.41) is 8.69. The van der Waals surface area contributed by atoms with Crippen molar-refractivity contribution in [2.75, 3.05) is 0 Å². The van der Waals surface area contributed by atoms with Crippen LogP contribution < -0.4 is 5.73 Å². The summed E-state index contributed by atoms with van der Waals surface area (Å²) in [7, 11) is 0. The molecule has 0 bridgehead atoms. The number of hydrogen-bond donors (Lipinski definition) is 2. The van der Waals surface area contributed by atoms with E-state index < -0.39 is 29.6 Å². The molecule has 0 aliphatic heterocycles. The molecule has 0 aliphatic carbocycles. The van der Waals surface area contributed by atoms with Gasteiger partial charge in [0, 0.05) is 6.04 Å². The van der Waals surface area contributed by atoms with Crippen LogP contribution in [0.25, 0.3) is 0 Å². The van der Waals surface area contributed by atoms with Crippen LogP contribution in [0.15, 0.2) is 18.2 Å². The number of benzene rings is 1. The monoisotopic (exact) mass is 215 g/mol. The summed E-state index contributed by atoms with van der Waals surface area (Å²) in [6.07, 6.45) is 0. The van der Waals surface area contributed by atoms with Gasteiger partial charge in [-0.25, -0.2) is 8.78 Å². The molecule has 0 fully saturated rings. The number of rotatable bonds is 3. The van der Waals surface area contributed by atoms with Crippen LogP contribution >= 0.6 is 0 Å². The molecule has 2 atom stereocenters. The Balaban J connectivity index is 2.96. The van der Waals surface area contributed by atoms with E-state index in [1.807, 2.05) is 0 Å². The van der Waals surface area contributed by atoms with Gasteiger partial charge in [0.15, 0.2) is 11.6 Å². The van der Waals surface area contributed by atoms with E-state index in [1.165, 1.54) is 13.0 Å². The van der Waals surface area contributed by atoms with Crippen LogP contribution in [0.4, 0.5) is 8.78 Å². The van der Waals surface area contributed by atoms with Crippen molar-refractivity contribution in [2.24, 2.45) is 11.7 Å². The average Bonchev–Trinajstić information content (AvgIpc) is 2.19. The highest BCUT2D eigenvalue weighted by Crippen LogP contribution is 2.21. The van der Waals surface area contributed by atoms with Crippen LogP contribution in [0.2, 0.25) is 0 Å². The maximum Gasteiger partial charge on any atom is 0.308 e. The van der Waals surface area contributed by atoms with E-state index >= 15 is 0 Å². The van der Waals surface area contributed by atoms with Gasteiger partial charge >= 0.3 is 5.97 Å². The molecule has 2 unspecified atom stereocenters. The Hall–Kier alpha value is -1.49. The lowest BCUT2D eigenvalue weighted by Crippen LogP contribution is -2.25. The number of aliphatic carboxylic acids is 1. The first-order valence-corrected chi connectivity index (χ1v) is 4.37. The molecule has 1 aromatic carbocycles. The number of carbonyl (C=O) groups is 1. The summed E-state index contributed by atoms with van der Waals surface area (Å²) in [5.41, 5.74) is 5.86. The van der Waals surface area contributed by atoms with E-state index in [2.05, 4.69) is 0 Å². The predicted molar refractivity (Wildman–Crippen MR) is 50.1 cm³/mol. The van der Waals surface area contributed by atoms with Crippen molar-refractivity contribution in [1.82, 2.24) is 0 Å². The topological polar surface area (TPSA) is 63.3 Å². The van der Waals surface area contributed by atoms with Crippen molar-refractivity contribution in [3.63, 3.8) is 0 Å². The summed E-state index contributed by atoms with van der Waals surface area (Å²) in [6, 6.07) is 2.28. The Labute approximate surface area is 85.5 Å². The number of halogens is 2. The third-order valence-corrected chi connectivity index (χ3v) is 2.26. The van der Waals surface area contributed by atoms with Gasteiger partial charge in [-0.2, -0.15) is 0 Å². The molecule has 0 saturated carbocycles. The van der Waals surface area contributed by atoms with E-state index in [0.29, 0.717) is 0 Å². The van der Waals surface area contributed by atoms with Crippen LogP contribution in [0, 0.1) is 17.6 Å². The number of carboxylic acids is 1. The molecule has 0 spiro atoms. The first-order valence-electron chi connectivity index (χ1n) is 4.37. The Kier molecular flexibility index (Phi) is 3.36. The minimum absolute atomic E-state index is 0.267. The Morgan fingerprint density at radius 1 is 1.40 bits per heavy atom. The highest BCUT2D eigenvalue weighted by Gasteiger charge is 2.22. The molecule has 82 valence electrons. The van der Waals surface area contributed by atoms with Crippen molar-refractivity contribution < 1.29 is 18.7 Å². The highest BCUT2D eigenvalue weighted by atomic mass is 19.2. The molecular weight excluding hydrogens is 204 g/mol. The minimum Gasteiger partial charge on any atom is -0.481 e. The molecule has 3 N–H and O–H groups in total. The average molecular weight is 215 g/mol. The van der Waals surface area contributed by atoms with Crippen LogP contribution in [-0.4, -0.2) is 11.1 Å². The first kappa shape index (κ1) is 11.6. The second-order valence-electron chi connectivity index (χ2n) is 3.33. The summed E-state index contributed by atoms with van der Waals surface area (Å²) in [5.74, 6) is -3.93. The van der Waals surface area contributed by atoms with Gasteiger partial charge in [-0.05, 0) is 17.7 Å². The second kappa shape index (κ2) is 4.35. The lowest BCUT2D eigenvalue weighted by atomic mass is 9.95. The SMILES string of the molecule is CC(C(=O)O)C(N)c1ccc(F)c(F)c1. The predicted octanol–water partition coefficient (Wildman–Crippen LogP) is 1.69. The zero-order chi connectivity index (χ0) is 11.6. The van der Waals surface area contributed by atoms with E-state index in [1.54, 1.807) is 0 Å². The fourth-order valence-corrected chi connectivity index (χ4v) is 1.16. The van der Waals surface area contributed by atoms with Crippen LogP contribution in [0.1, 0.15) is 18.5 Å². The summed E-state index contributed by atoms with van der Waals surface area (Å²) >= 11 is 0. The number of hydrogen-bond acceptors (Lipinski definition) is 2. The van der Waals surface area contributed by atoms with Crippen LogP contribution in [-0.2, 0) is 4.79 Å². The minimum atomic E-state index is -1.08. The van der Waals surface area contributed by atoms with Gasteiger partial charge in [0.25, 0.3) is 0 Å². The Morgan fingerprint density at radius 2 is 2.00 bits per heavy atom.